The third kappa shape index (κ3) is 1.83. The molecule has 1 heterocycles. The Hall–Kier alpha value is -0.640. The first-order valence-electron chi connectivity index (χ1n) is 7.92. The van der Waals surface area contributed by atoms with Crippen molar-refractivity contribution in [3.05, 3.63) is 16.0 Å². The van der Waals surface area contributed by atoms with Crippen molar-refractivity contribution in [1.82, 2.24) is 9.97 Å². The average molecular weight is 336 g/mol. The third-order valence-corrected chi connectivity index (χ3v) is 6.66. The Labute approximate surface area is 128 Å². The van der Waals surface area contributed by atoms with E-state index in [1.807, 2.05) is 0 Å². The number of nitrogen functional groups attached to an aromatic ring is 1. The van der Waals surface area contributed by atoms with Crippen LogP contribution in [-0.2, 0) is 11.8 Å². The molecule has 5 rings (SSSR count). The summed E-state index contributed by atoms with van der Waals surface area (Å²) in [6, 6.07) is 0. The molecule has 0 aromatic carbocycles. The molecule has 20 heavy (non-hydrogen) atoms. The summed E-state index contributed by atoms with van der Waals surface area (Å²) < 4.78 is 0.897. The number of aromatic nitrogens is 2. The number of hydrogen-bond acceptors (Lipinski definition) is 3. The molecule has 4 aliphatic rings. The number of aryl methyl sites for hydroxylation is 1. The molecule has 0 unspecified atom stereocenters. The van der Waals surface area contributed by atoms with Crippen LogP contribution in [0, 0.1) is 17.8 Å². The van der Waals surface area contributed by atoms with Gasteiger partial charge >= 0.3 is 0 Å². The fourth-order valence-corrected chi connectivity index (χ4v) is 5.83. The van der Waals surface area contributed by atoms with Crippen LogP contribution in [0.15, 0.2) is 4.47 Å². The van der Waals surface area contributed by atoms with Crippen molar-refractivity contribution in [2.75, 3.05) is 5.73 Å². The summed E-state index contributed by atoms with van der Waals surface area (Å²) >= 11 is 3.53. The third-order valence-electron chi connectivity index (χ3n) is 5.79. The maximum Gasteiger partial charge on any atom is 0.141 e. The van der Waals surface area contributed by atoms with Gasteiger partial charge in [0, 0.05) is 5.41 Å². The summed E-state index contributed by atoms with van der Waals surface area (Å²) in [6.45, 7) is 2.13. The number of hydrogen-bond donors (Lipinski definition) is 1. The molecule has 0 aliphatic heterocycles. The van der Waals surface area contributed by atoms with Gasteiger partial charge in [0.2, 0.25) is 0 Å². The second-order valence-corrected chi connectivity index (χ2v) is 8.04. The van der Waals surface area contributed by atoms with Gasteiger partial charge in [-0.1, -0.05) is 6.92 Å². The summed E-state index contributed by atoms with van der Waals surface area (Å²) in [5, 5.41) is 0. The van der Waals surface area contributed by atoms with E-state index in [1.165, 1.54) is 38.5 Å². The molecule has 4 fully saturated rings. The van der Waals surface area contributed by atoms with Crippen LogP contribution in [0.1, 0.15) is 57.0 Å². The fraction of sp³-hybridized carbons (Fsp3) is 0.750. The molecule has 4 saturated carbocycles. The van der Waals surface area contributed by atoms with Gasteiger partial charge in [-0.3, -0.25) is 0 Å². The van der Waals surface area contributed by atoms with Crippen molar-refractivity contribution in [2.24, 2.45) is 17.8 Å². The molecule has 0 spiro atoms. The van der Waals surface area contributed by atoms with E-state index in [9.17, 15) is 0 Å². The molecule has 4 aliphatic carbocycles. The second-order valence-electron chi connectivity index (χ2n) is 7.24. The SMILES string of the molecule is CCc1nc(C23CC4CC(CC(C4)C2)C3)nc(N)c1Br. The van der Waals surface area contributed by atoms with Crippen LogP contribution in [0.3, 0.4) is 0 Å². The van der Waals surface area contributed by atoms with Crippen molar-refractivity contribution in [2.45, 2.75) is 57.3 Å². The molecule has 2 N–H and O–H groups in total. The van der Waals surface area contributed by atoms with E-state index in [2.05, 4.69) is 22.9 Å². The monoisotopic (exact) mass is 335 g/mol. The first-order chi connectivity index (χ1) is 9.59. The maximum absolute atomic E-state index is 6.12. The zero-order valence-corrected chi connectivity index (χ0v) is 13.6. The molecule has 108 valence electrons. The lowest BCUT2D eigenvalue weighted by atomic mass is 9.49. The Morgan fingerprint density at radius 3 is 2.15 bits per heavy atom. The zero-order valence-electron chi connectivity index (χ0n) is 12.0. The summed E-state index contributed by atoms with van der Waals surface area (Å²) in [4.78, 5) is 9.59. The number of nitrogens with zero attached hydrogens (tertiary/aromatic N) is 2. The first-order valence-corrected chi connectivity index (χ1v) is 8.71. The number of halogens is 1. The van der Waals surface area contributed by atoms with Gasteiger partial charge in [-0.15, -0.1) is 0 Å². The Balaban J connectivity index is 1.79. The molecule has 0 atom stereocenters. The molecule has 0 saturated heterocycles. The minimum absolute atomic E-state index is 0.244. The highest BCUT2D eigenvalue weighted by Gasteiger charge is 2.53. The van der Waals surface area contributed by atoms with Crippen molar-refractivity contribution in [3.63, 3.8) is 0 Å². The van der Waals surface area contributed by atoms with E-state index in [0.717, 1.165) is 40.2 Å². The largest absolute Gasteiger partial charge is 0.383 e. The maximum atomic E-state index is 6.12. The van der Waals surface area contributed by atoms with Gasteiger partial charge in [0.05, 0.1) is 10.2 Å². The summed E-state index contributed by atoms with van der Waals surface area (Å²) in [5.41, 5.74) is 7.43. The highest BCUT2D eigenvalue weighted by atomic mass is 79.9. The molecule has 0 radical (unpaired) electrons. The van der Waals surface area contributed by atoms with Crippen LogP contribution in [0.4, 0.5) is 5.82 Å². The van der Waals surface area contributed by atoms with E-state index >= 15 is 0 Å². The quantitative estimate of drug-likeness (QED) is 0.892. The van der Waals surface area contributed by atoms with E-state index in [4.69, 9.17) is 15.7 Å². The van der Waals surface area contributed by atoms with E-state index in [1.54, 1.807) is 0 Å². The lowest BCUT2D eigenvalue weighted by Gasteiger charge is -2.56. The Bertz CT molecular complexity index is 520. The highest BCUT2D eigenvalue weighted by molar-refractivity contribution is 9.10. The van der Waals surface area contributed by atoms with Crippen LogP contribution in [0.5, 0.6) is 0 Å². The Morgan fingerprint density at radius 2 is 1.65 bits per heavy atom. The molecular weight excluding hydrogens is 314 g/mol. The Kier molecular flexibility index (Phi) is 2.89. The van der Waals surface area contributed by atoms with E-state index in [0.29, 0.717) is 5.82 Å². The van der Waals surface area contributed by atoms with Crippen LogP contribution >= 0.6 is 15.9 Å². The van der Waals surface area contributed by atoms with E-state index < -0.39 is 0 Å². The first kappa shape index (κ1) is 13.1. The molecular formula is C16H22BrN3. The van der Waals surface area contributed by atoms with Crippen molar-refractivity contribution >= 4 is 21.7 Å². The number of nitrogens with two attached hydrogens (primary N) is 1. The summed E-state index contributed by atoms with van der Waals surface area (Å²) in [7, 11) is 0. The van der Waals surface area contributed by atoms with Crippen molar-refractivity contribution in [1.29, 1.82) is 0 Å². The highest BCUT2D eigenvalue weighted by Crippen LogP contribution is 2.60. The molecule has 1 aromatic heterocycles. The van der Waals surface area contributed by atoms with Crippen LogP contribution in [-0.4, -0.2) is 9.97 Å². The van der Waals surface area contributed by atoms with Gasteiger partial charge in [0.15, 0.2) is 0 Å². The number of rotatable bonds is 2. The standard InChI is InChI=1S/C16H22BrN3/c1-2-12-13(17)14(18)20-15(19-12)16-6-9-3-10(7-16)5-11(4-9)8-16/h9-11H,2-8H2,1H3,(H2,18,19,20). The normalized spacial score (nSPS) is 38.4. The van der Waals surface area contributed by atoms with Crippen molar-refractivity contribution < 1.29 is 0 Å². The average Bonchev–Trinajstić information content (AvgIpc) is 2.40. The minimum atomic E-state index is 0.244. The van der Waals surface area contributed by atoms with Crippen LogP contribution < -0.4 is 5.73 Å². The zero-order chi connectivity index (χ0) is 13.9. The second kappa shape index (κ2) is 4.43. The van der Waals surface area contributed by atoms with Crippen molar-refractivity contribution in [3.8, 4) is 0 Å². The van der Waals surface area contributed by atoms with Crippen LogP contribution in [0.25, 0.3) is 0 Å². The molecule has 0 amide bonds. The lowest BCUT2D eigenvalue weighted by molar-refractivity contribution is -0.00943. The van der Waals surface area contributed by atoms with Gasteiger partial charge in [0.1, 0.15) is 11.6 Å². The lowest BCUT2D eigenvalue weighted by Crippen LogP contribution is -2.49. The van der Waals surface area contributed by atoms with Gasteiger partial charge in [0.25, 0.3) is 0 Å². The minimum Gasteiger partial charge on any atom is -0.383 e. The molecule has 3 nitrogen and oxygen atoms in total. The number of anilines is 1. The molecule has 4 heteroatoms. The topological polar surface area (TPSA) is 51.8 Å². The van der Waals surface area contributed by atoms with Gasteiger partial charge in [-0.2, -0.15) is 0 Å². The molecule has 4 bridgehead atoms. The fourth-order valence-electron chi connectivity index (χ4n) is 5.37. The molecule has 1 aromatic rings. The van der Waals surface area contributed by atoms with Gasteiger partial charge in [-0.05, 0) is 78.6 Å². The smallest absolute Gasteiger partial charge is 0.141 e. The summed E-state index contributed by atoms with van der Waals surface area (Å²) in [5.74, 6) is 4.43. The predicted octanol–water partition coefficient (Wildman–Crippen LogP) is 3.85. The van der Waals surface area contributed by atoms with E-state index in [-0.39, 0.29) is 5.41 Å². The van der Waals surface area contributed by atoms with Crippen LogP contribution in [0.2, 0.25) is 0 Å². The predicted molar refractivity (Wildman–Crippen MR) is 83.4 cm³/mol. The van der Waals surface area contributed by atoms with Gasteiger partial charge < -0.3 is 5.73 Å². The van der Waals surface area contributed by atoms with Gasteiger partial charge in [-0.25, -0.2) is 9.97 Å². The Morgan fingerprint density at radius 1 is 1.10 bits per heavy atom. The summed E-state index contributed by atoms with van der Waals surface area (Å²) in [6.07, 6.45) is 9.14.